The molecular weight excluding hydrogens is 381 g/mol. The SMILES string of the molecule is CC[NH+](CC(=O)Nc1ccc(F)cc1[N+](=O)[O-])Cc1nc2ccccc2c(=O)[nH]1. The van der Waals surface area contributed by atoms with Crippen LogP contribution >= 0.6 is 0 Å². The van der Waals surface area contributed by atoms with Crippen molar-refractivity contribution in [1.82, 2.24) is 9.97 Å². The van der Waals surface area contributed by atoms with Crippen LogP contribution in [0.2, 0.25) is 0 Å². The minimum absolute atomic E-state index is 0.0123. The number of likely N-dealkylation sites (N-methyl/N-ethyl adjacent to an activating group) is 1. The predicted octanol–water partition coefficient (Wildman–Crippen LogP) is 1.01. The molecule has 150 valence electrons. The van der Waals surface area contributed by atoms with E-state index in [9.17, 15) is 24.1 Å². The van der Waals surface area contributed by atoms with E-state index < -0.39 is 22.3 Å². The third-order valence-corrected chi connectivity index (χ3v) is 4.42. The molecule has 1 atom stereocenters. The molecule has 0 spiro atoms. The first-order chi connectivity index (χ1) is 13.9. The van der Waals surface area contributed by atoms with Gasteiger partial charge in [0.15, 0.2) is 12.4 Å². The first kappa shape index (κ1) is 20.1. The molecule has 3 rings (SSSR count). The molecule has 1 aromatic heterocycles. The van der Waals surface area contributed by atoms with Crippen molar-refractivity contribution in [2.45, 2.75) is 13.5 Å². The van der Waals surface area contributed by atoms with Crippen molar-refractivity contribution in [3.05, 3.63) is 74.6 Å². The van der Waals surface area contributed by atoms with Crippen molar-refractivity contribution < 1.29 is 19.0 Å². The summed E-state index contributed by atoms with van der Waals surface area (Å²) in [6.07, 6.45) is 0. The second-order valence-corrected chi connectivity index (χ2v) is 6.45. The highest BCUT2D eigenvalue weighted by Gasteiger charge is 2.20. The quantitative estimate of drug-likeness (QED) is 0.404. The summed E-state index contributed by atoms with van der Waals surface area (Å²) in [6.45, 7) is 2.69. The topological polar surface area (TPSA) is 122 Å². The standard InChI is InChI=1S/C19H18FN5O4/c1-2-24(10-17-21-14-6-4-3-5-13(14)19(27)23-17)11-18(26)22-15-8-7-12(20)9-16(15)25(28)29/h3-9H,2,10-11H2,1H3,(H,22,26)(H,21,23,27)/p+1. The van der Waals surface area contributed by atoms with Gasteiger partial charge in [-0.15, -0.1) is 0 Å². The van der Waals surface area contributed by atoms with Gasteiger partial charge in [0.1, 0.15) is 18.0 Å². The normalized spacial score (nSPS) is 11.9. The van der Waals surface area contributed by atoms with E-state index in [4.69, 9.17) is 0 Å². The van der Waals surface area contributed by atoms with Gasteiger partial charge in [-0.1, -0.05) is 12.1 Å². The molecule has 1 heterocycles. The highest BCUT2D eigenvalue weighted by atomic mass is 19.1. The fraction of sp³-hybridized carbons (Fsp3) is 0.211. The van der Waals surface area contributed by atoms with Crippen LogP contribution in [0, 0.1) is 15.9 Å². The Kier molecular flexibility index (Phi) is 5.93. The van der Waals surface area contributed by atoms with Crippen LogP contribution in [0.4, 0.5) is 15.8 Å². The number of aromatic nitrogens is 2. The zero-order valence-electron chi connectivity index (χ0n) is 15.6. The average Bonchev–Trinajstić information content (AvgIpc) is 2.68. The zero-order valence-corrected chi connectivity index (χ0v) is 15.6. The summed E-state index contributed by atoms with van der Waals surface area (Å²) < 4.78 is 13.2. The second-order valence-electron chi connectivity index (χ2n) is 6.45. The summed E-state index contributed by atoms with van der Waals surface area (Å²) in [5, 5.41) is 14.0. The molecule has 29 heavy (non-hydrogen) atoms. The van der Waals surface area contributed by atoms with Gasteiger partial charge in [-0.25, -0.2) is 9.37 Å². The Labute approximate surface area is 164 Å². The summed E-state index contributed by atoms with van der Waals surface area (Å²) in [6, 6.07) is 9.89. The van der Waals surface area contributed by atoms with Crippen molar-refractivity contribution in [2.24, 2.45) is 0 Å². The lowest BCUT2D eigenvalue weighted by Gasteiger charge is -2.17. The van der Waals surface area contributed by atoms with Crippen molar-refractivity contribution in [2.75, 3.05) is 18.4 Å². The number of nitrogens with one attached hydrogen (secondary N) is 3. The third-order valence-electron chi connectivity index (χ3n) is 4.42. The van der Waals surface area contributed by atoms with Crippen molar-refractivity contribution in [3.8, 4) is 0 Å². The van der Waals surface area contributed by atoms with Crippen molar-refractivity contribution in [3.63, 3.8) is 0 Å². The predicted molar refractivity (Wildman–Crippen MR) is 104 cm³/mol. The van der Waals surface area contributed by atoms with Gasteiger partial charge in [0.05, 0.1) is 28.4 Å². The number of halogens is 1. The molecule has 0 saturated heterocycles. The number of carbonyl (C=O) groups is 1. The minimum atomic E-state index is -0.762. The second kappa shape index (κ2) is 8.57. The molecule has 0 aliphatic heterocycles. The van der Waals surface area contributed by atoms with Crippen LogP contribution in [0.3, 0.4) is 0 Å². The Bertz CT molecular complexity index is 1130. The molecule has 10 heteroatoms. The molecule has 0 aliphatic rings. The van der Waals surface area contributed by atoms with E-state index in [1.54, 1.807) is 24.3 Å². The number of hydrogen-bond acceptors (Lipinski definition) is 5. The number of H-pyrrole nitrogens is 1. The lowest BCUT2D eigenvalue weighted by atomic mass is 10.2. The van der Waals surface area contributed by atoms with E-state index in [1.165, 1.54) is 0 Å². The fourth-order valence-electron chi connectivity index (χ4n) is 2.95. The molecule has 0 bridgehead atoms. The molecule has 9 nitrogen and oxygen atoms in total. The lowest BCUT2D eigenvalue weighted by Crippen LogP contribution is -3.11. The Morgan fingerprint density at radius 3 is 2.79 bits per heavy atom. The van der Waals surface area contributed by atoms with Gasteiger partial charge in [0.25, 0.3) is 17.2 Å². The third kappa shape index (κ3) is 4.79. The number of fused-ring (bicyclic) bond motifs is 1. The number of amides is 1. The Morgan fingerprint density at radius 2 is 2.07 bits per heavy atom. The molecule has 1 amide bonds. The molecule has 3 N–H and O–H groups in total. The maximum Gasteiger partial charge on any atom is 0.295 e. The van der Waals surface area contributed by atoms with Gasteiger partial charge in [0.2, 0.25) is 0 Å². The molecular formula is C19H19FN5O4+. The summed E-state index contributed by atoms with van der Waals surface area (Å²) in [4.78, 5) is 42.8. The number of aromatic amines is 1. The van der Waals surface area contributed by atoms with Crippen LogP contribution in [0.15, 0.2) is 47.3 Å². The van der Waals surface area contributed by atoms with Crippen LogP contribution < -0.4 is 15.8 Å². The molecule has 0 aliphatic carbocycles. The number of para-hydroxylation sites is 1. The van der Waals surface area contributed by atoms with E-state index in [2.05, 4.69) is 15.3 Å². The maximum absolute atomic E-state index is 13.2. The van der Waals surface area contributed by atoms with Gasteiger partial charge in [-0.05, 0) is 31.2 Å². The van der Waals surface area contributed by atoms with Gasteiger partial charge >= 0.3 is 0 Å². The summed E-state index contributed by atoms with van der Waals surface area (Å²) in [5.74, 6) is -0.798. The number of anilines is 1. The van der Waals surface area contributed by atoms with E-state index >= 15 is 0 Å². The number of nitro benzene ring substituents is 1. The van der Waals surface area contributed by atoms with E-state index in [0.717, 1.165) is 23.1 Å². The fourth-order valence-corrected chi connectivity index (χ4v) is 2.95. The van der Waals surface area contributed by atoms with E-state index in [1.807, 2.05) is 6.92 Å². The maximum atomic E-state index is 13.2. The summed E-state index contributed by atoms with van der Waals surface area (Å²) >= 11 is 0. The monoisotopic (exact) mass is 400 g/mol. The van der Waals surface area contributed by atoms with Crippen molar-refractivity contribution >= 4 is 28.2 Å². The molecule has 0 radical (unpaired) electrons. The average molecular weight is 400 g/mol. The van der Waals surface area contributed by atoms with Crippen LogP contribution in [0.25, 0.3) is 10.9 Å². The number of quaternary nitrogens is 1. The number of nitro groups is 1. The Balaban J connectivity index is 1.73. The first-order valence-corrected chi connectivity index (χ1v) is 8.92. The van der Waals surface area contributed by atoms with Crippen LogP contribution in [0.5, 0.6) is 0 Å². The number of benzene rings is 2. The molecule has 2 aromatic carbocycles. The molecule has 0 fully saturated rings. The smallest absolute Gasteiger partial charge is 0.295 e. The van der Waals surface area contributed by atoms with Gasteiger partial charge < -0.3 is 15.2 Å². The highest BCUT2D eigenvalue weighted by molar-refractivity contribution is 5.93. The molecule has 0 saturated carbocycles. The van der Waals surface area contributed by atoms with Gasteiger partial charge in [0, 0.05) is 0 Å². The largest absolute Gasteiger partial charge is 0.321 e. The van der Waals surface area contributed by atoms with Crippen LogP contribution in [-0.2, 0) is 11.3 Å². The summed E-state index contributed by atoms with van der Waals surface area (Å²) in [5.41, 5.74) is -0.286. The highest BCUT2D eigenvalue weighted by Crippen LogP contribution is 2.24. The molecule has 3 aromatic rings. The molecule has 1 unspecified atom stereocenters. The number of hydrogen-bond donors (Lipinski definition) is 3. The van der Waals surface area contributed by atoms with Crippen LogP contribution in [0.1, 0.15) is 12.7 Å². The summed E-state index contributed by atoms with van der Waals surface area (Å²) in [7, 11) is 0. The number of nitrogens with zero attached hydrogens (tertiary/aromatic N) is 2. The first-order valence-electron chi connectivity index (χ1n) is 8.92. The minimum Gasteiger partial charge on any atom is -0.321 e. The van der Waals surface area contributed by atoms with E-state index in [0.29, 0.717) is 23.3 Å². The van der Waals surface area contributed by atoms with Crippen molar-refractivity contribution in [1.29, 1.82) is 0 Å². The number of rotatable bonds is 7. The zero-order chi connectivity index (χ0) is 21.0. The Hall–Kier alpha value is -3.66. The number of carbonyl (C=O) groups excluding carboxylic acids is 1. The van der Waals surface area contributed by atoms with E-state index in [-0.39, 0.29) is 24.3 Å². The lowest BCUT2D eigenvalue weighted by molar-refractivity contribution is -0.904. The van der Waals surface area contributed by atoms with Gasteiger partial charge in [-0.2, -0.15) is 0 Å². The Morgan fingerprint density at radius 1 is 1.31 bits per heavy atom. The van der Waals surface area contributed by atoms with Crippen LogP contribution in [-0.4, -0.2) is 33.9 Å². The van der Waals surface area contributed by atoms with Gasteiger partial charge in [-0.3, -0.25) is 19.7 Å².